The molecule has 0 saturated carbocycles. The van der Waals surface area contributed by atoms with Gasteiger partial charge in [-0.05, 0) is 42.0 Å². The second-order valence-corrected chi connectivity index (χ2v) is 7.07. The predicted molar refractivity (Wildman–Crippen MR) is 106 cm³/mol. The summed E-state index contributed by atoms with van der Waals surface area (Å²) in [6.45, 7) is 6.43. The summed E-state index contributed by atoms with van der Waals surface area (Å²) in [4.78, 5) is 26.2. The lowest BCUT2D eigenvalue weighted by molar-refractivity contribution is -0.122. The number of thioether (sulfide) groups is 1. The molecule has 0 aromatic heterocycles. The third kappa shape index (κ3) is 4.83. The van der Waals surface area contributed by atoms with Gasteiger partial charge >= 0.3 is 0 Å². The SMILES string of the molecule is C=CCOc1c(Cl)cc(/C=C2\SC(=O)N(CCCCC)C2=O)cc1OC. The fourth-order valence-corrected chi connectivity index (χ4v) is 3.61. The zero-order chi connectivity index (χ0) is 19.1. The average molecular weight is 396 g/mol. The second-order valence-electron chi connectivity index (χ2n) is 5.67. The van der Waals surface area contributed by atoms with Crippen LogP contribution in [0.5, 0.6) is 11.5 Å². The molecule has 0 spiro atoms. The lowest BCUT2D eigenvalue weighted by atomic mass is 10.1. The number of benzene rings is 1. The molecule has 26 heavy (non-hydrogen) atoms. The number of ether oxygens (including phenoxy) is 2. The van der Waals surface area contributed by atoms with E-state index < -0.39 is 0 Å². The molecule has 1 heterocycles. The van der Waals surface area contributed by atoms with Crippen molar-refractivity contribution in [1.29, 1.82) is 0 Å². The molecule has 1 saturated heterocycles. The molecule has 0 radical (unpaired) electrons. The normalized spacial score (nSPS) is 15.7. The number of nitrogens with zero attached hydrogens (tertiary/aromatic N) is 1. The van der Waals surface area contributed by atoms with E-state index in [0.717, 1.165) is 31.0 Å². The van der Waals surface area contributed by atoms with E-state index in [1.807, 2.05) is 0 Å². The first-order valence-corrected chi connectivity index (χ1v) is 9.57. The van der Waals surface area contributed by atoms with Gasteiger partial charge in [-0.1, -0.05) is 44.0 Å². The number of amides is 2. The van der Waals surface area contributed by atoms with Crippen LogP contribution in [0.25, 0.3) is 6.08 Å². The number of carbonyl (C=O) groups is 2. The summed E-state index contributed by atoms with van der Waals surface area (Å²) in [6.07, 6.45) is 6.09. The summed E-state index contributed by atoms with van der Waals surface area (Å²) in [7, 11) is 1.51. The molecule has 7 heteroatoms. The van der Waals surface area contributed by atoms with E-state index in [4.69, 9.17) is 21.1 Å². The van der Waals surface area contributed by atoms with Gasteiger partial charge in [0, 0.05) is 6.54 Å². The van der Waals surface area contributed by atoms with Crippen molar-refractivity contribution in [3.8, 4) is 11.5 Å². The first-order valence-electron chi connectivity index (χ1n) is 8.38. The Bertz CT molecular complexity index is 732. The standard InChI is InChI=1S/C19H22ClNO4S/c1-4-6-7-8-21-18(22)16(26-19(21)23)12-13-10-14(20)17(25-9-5-2)15(11-13)24-3/h5,10-12H,2,4,6-9H2,1,3H3/b16-12-. The Morgan fingerprint density at radius 2 is 2.08 bits per heavy atom. The Morgan fingerprint density at radius 1 is 1.31 bits per heavy atom. The maximum atomic E-state index is 12.5. The third-order valence-electron chi connectivity index (χ3n) is 3.75. The highest BCUT2D eigenvalue weighted by Gasteiger charge is 2.34. The molecule has 1 aromatic carbocycles. The molecular weight excluding hydrogens is 374 g/mol. The molecule has 1 aromatic rings. The number of hydrogen-bond acceptors (Lipinski definition) is 5. The molecule has 0 N–H and O–H groups in total. The number of imide groups is 1. The van der Waals surface area contributed by atoms with Crippen LogP contribution >= 0.6 is 23.4 Å². The van der Waals surface area contributed by atoms with Crippen molar-refractivity contribution in [3.63, 3.8) is 0 Å². The van der Waals surface area contributed by atoms with Gasteiger partial charge in [0.2, 0.25) is 0 Å². The van der Waals surface area contributed by atoms with Gasteiger partial charge in [-0.25, -0.2) is 0 Å². The first kappa shape index (κ1) is 20.4. The highest BCUT2D eigenvalue weighted by molar-refractivity contribution is 8.18. The van der Waals surface area contributed by atoms with Gasteiger partial charge in [-0.2, -0.15) is 0 Å². The second kappa shape index (κ2) is 9.69. The minimum Gasteiger partial charge on any atom is -0.493 e. The summed E-state index contributed by atoms with van der Waals surface area (Å²) in [6, 6.07) is 3.39. The molecule has 2 amide bonds. The molecule has 0 bridgehead atoms. The molecule has 0 unspecified atom stereocenters. The average Bonchev–Trinajstić information content (AvgIpc) is 2.88. The third-order valence-corrected chi connectivity index (χ3v) is 4.94. The molecule has 2 rings (SSSR count). The molecule has 1 fully saturated rings. The number of halogens is 1. The Balaban J connectivity index is 2.23. The van der Waals surface area contributed by atoms with Gasteiger partial charge in [0.05, 0.1) is 17.0 Å². The topological polar surface area (TPSA) is 55.8 Å². The van der Waals surface area contributed by atoms with Crippen molar-refractivity contribution in [2.45, 2.75) is 26.2 Å². The van der Waals surface area contributed by atoms with Crippen molar-refractivity contribution < 1.29 is 19.1 Å². The molecule has 1 aliphatic rings. The van der Waals surface area contributed by atoms with Crippen molar-refractivity contribution in [3.05, 3.63) is 40.3 Å². The molecule has 0 aliphatic carbocycles. The predicted octanol–water partition coefficient (Wildman–Crippen LogP) is 5.14. The zero-order valence-corrected chi connectivity index (χ0v) is 16.5. The van der Waals surface area contributed by atoms with E-state index in [1.165, 1.54) is 12.0 Å². The Hall–Kier alpha value is -1.92. The maximum absolute atomic E-state index is 12.5. The molecular formula is C19H22ClNO4S. The monoisotopic (exact) mass is 395 g/mol. The fraction of sp³-hybridized carbons (Fsp3) is 0.368. The van der Waals surface area contributed by atoms with Crippen molar-refractivity contribution in [1.82, 2.24) is 4.90 Å². The fourth-order valence-electron chi connectivity index (χ4n) is 2.47. The van der Waals surface area contributed by atoms with Crippen molar-refractivity contribution in [2.24, 2.45) is 0 Å². The summed E-state index contributed by atoms with van der Waals surface area (Å²) in [5.41, 5.74) is 0.664. The van der Waals surface area contributed by atoms with Crippen LogP contribution in [0, 0.1) is 0 Å². The summed E-state index contributed by atoms with van der Waals surface area (Å²) in [5.74, 6) is 0.602. The number of unbranched alkanes of at least 4 members (excludes halogenated alkanes) is 2. The Kier molecular flexibility index (Phi) is 7.60. The largest absolute Gasteiger partial charge is 0.493 e. The lowest BCUT2D eigenvalue weighted by Crippen LogP contribution is -2.29. The van der Waals surface area contributed by atoms with Crippen molar-refractivity contribution in [2.75, 3.05) is 20.3 Å². The Morgan fingerprint density at radius 3 is 2.73 bits per heavy atom. The number of hydrogen-bond donors (Lipinski definition) is 0. The number of rotatable bonds is 9. The summed E-state index contributed by atoms with van der Waals surface area (Å²) in [5, 5.41) is 0.126. The van der Waals surface area contributed by atoms with E-state index >= 15 is 0 Å². The van der Waals surface area contributed by atoms with E-state index in [1.54, 1.807) is 24.3 Å². The smallest absolute Gasteiger partial charge is 0.293 e. The maximum Gasteiger partial charge on any atom is 0.293 e. The Labute approximate surface area is 163 Å². The van der Waals surface area contributed by atoms with Gasteiger partial charge in [0.25, 0.3) is 11.1 Å². The van der Waals surface area contributed by atoms with Crippen LogP contribution in [0.1, 0.15) is 31.7 Å². The van der Waals surface area contributed by atoms with Crippen LogP contribution in [0.3, 0.4) is 0 Å². The van der Waals surface area contributed by atoms with E-state index in [-0.39, 0.29) is 11.1 Å². The zero-order valence-electron chi connectivity index (χ0n) is 14.9. The first-order chi connectivity index (χ1) is 12.5. The van der Waals surface area contributed by atoms with Crippen LogP contribution < -0.4 is 9.47 Å². The minimum absolute atomic E-state index is 0.235. The number of carbonyl (C=O) groups excluding carboxylic acids is 2. The summed E-state index contributed by atoms with van der Waals surface area (Å²) >= 11 is 7.22. The van der Waals surface area contributed by atoms with Crippen LogP contribution in [0.2, 0.25) is 5.02 Å². The van der Waals surface area contributed by atoms with E-state index in [9.17, 15) is 9.59 Å². The van der Waals surface area contributed by atoms with E-state index in [0.29, 0.717) is 40.1 Å². The molecule has 1 aliphatic heterocycles. The summed E-state index contributed by atoms with van der Waals surface area (Å²) < 4.78 is 10.8. The molecule has 0 atom stereocenters. The van der Waals surface area contributed by atoms with Crippen molar-refractivity contribution >= 4 is 40.6 Å². The van der Waals surface area contributed by atoms with Gasteiger partial charge in [0.15, 0.2) is 11.5 Å². The molecule has 140 valence electrons. The lowest BCUT2D eigenvalue weighted by Gasteiger charge is -2.12. The van der Waals surface area contributed by atoms with Crippen LogP contribution in [0.15, 0.2) is 29.7 Å². The number of methoxy groups -OCH3 is 1. The van der Waals surface area contributed by atoms with E-state index in [2.05, 4.69) is 13.5 Å². The van der Waals surface area contributed by atoms with Gasteiger partial charge in [0.1, 0.15) is 6.61 Å². The van der Waals surface area contributed by atoms with Crippen LogP contribution in [-0.2, 0) is 4.79 Å². The molecule has 5 nitrogen and oxygen atoms in total. The van der Waals surface area contributed by atoms with Gasteiger partial charge < -0.3 is 9.47 Å². The van der Waals surface area contributed by atoms with Gasteiger partial charge in [-0.15, -0.1) is 0 Å². The highest BCUT2D eigenvalue weighted by atomic mass is 35.5. The quantitative estimate of drug-likeness (QED) is 0.329. The van der Waals surface area contributed by atoms with Crippen LogP contribution in [0.4, 0.5) is 4.79 Å². The van der Waals surface area contributed by atoms with Gasteiger partial charge in [-0.3, -0.25) is 14.5 Å². The van der Waals surface area contributed by atoms with Crippen LogP contribution in [-0.4, -0.2) is 36.3 Å². The minimum atomic E-state index is -0.266. The highest BCUT2D eigenvalue weighted by Crippen LogP contribution is 2.39.